The average Bonchev–Trinajstić information content (AvgIpc) is 3.15. The summed E-state index contributed by atoms with van der Waals surface area (Å²) >= 11 is 11.4. The minimum atomic E-state index is -3.72. The lowest BCUT2D eigenvalue weighted by molar-refractivity contribution is 0.433. The summed E-state index contributed by atoms with van der Waals surface area (Å²) in [4.78, 5) is 0. The van der Waals surface area contributed by atoms with Gasteiger partial charge in [-0.25, -0.2) is 9.73 Å². The summed E-state index contributed by atoms with van der Waals surface area (Å²) < 4.78 is 28.9. The fraction of sp³-hybridized carbons (Fsp3) is 0.300. The monoisotopic (exact) mass is 450 g/mol. The maximum Gasteiger partial charge on any atom is 0.303 e. The van der Waals surface area contributed by atoms with Gasteiger partial charge in [0.2, 0.25) is 5.11 Å². The van der Waals surface area contributed by atoms with Gasteiger partial charge in [0, 0.05) is 24.0 Å². The van der Waals surface area contributed by atoms with Gasteiger partial charge in [-0.2, -0.15) is 17.8 Å². The number of halogens is 1. The maximum absolute atomic E-state index is 12.5. The van der Waals surface area contributed by atoms with Gasteiger partial charge in [0.05, 0.1) is 12.3 Å². The number of hydrogen-bond donors (Lipinski definition) is 1. The van der Waals surface area contributed by atoms with Gasteiger partial charge in [-0.3, -0.25) is 0 Å². The van der Waals surface area contributed by atoms with Crippen LogP contribution >= 0.6 is 23.8 Å². The molecule has 0 spiro atoms. The molecule has 6 nitrogen and oxygen atoms in total. The van der Waals surface area contributed by atoms with E-state index >= 15 is 0 Å². The summed E-state index contributed by atoms with van der Waals surface area (Å²) in [5.74, 6) is -0.0479. The van der Waals surface area contributed by atoms with Crippen molar-refractivity contribution in [1.82, 2.24) is 14.0 Å². The van der Waals surface area contributed by atoms with Crippen LogP contribution in [0.4, 0.5) is 0 Å². The van der Waals surface area contributed by atoms with Crippen LogP contribution in [0.3, 0.4) is 0 Å². The first-order valence-electron chi connectivity index (χ1n) is 9.34. The lowest BCUT2D eigenvalue weighted by Gasteiger charge is -2.23. The molecule has 154 valence electrons. The molecule has 1 N–H and O–H groups in total. The van der Waals surface area contributed by atoms with E-state index < -0.39 is 10.2 Å². The lowest BCUT2D eigenvalue weighted by atomic mass is 9.91. The van der Waals surface area contributed by atoms with Gasteiger partial charge in [-0.05, 0) is 35.5 Å². The summed E-state index contributed by atoms with van der Waals surface area (Å²) in [5.41, 5.74) is 2.82. The van der Waals surface area contributed by atoms with Crippen LogP contribution < -0.4 is 4.72 Å². The van der Waals surface area contributed by atoms with E-state index in [4.69, 9.17) is 23.8 Å². The predicted molar refractivity (Wildman–Crippen MR) is 121 cm³/mol. The van der Waals surface area contributed by atoms with Crippen LogP contribution in [-0.2, 0) is 10.2 Å². The second kappa shape index (κ2) is 9.21. The first kappa shape index (κ1) is 21.7. The summed E-state index contributed by atoms with van der Waals surface area (Å²) in [6.07, 6.45) is 0. The van der Waals surface area contributed by atoms with Gasteiger partial charge >= 0.3 is 10.2 Å². The molecule has 1 aliphatic rings. The Bertz CT molecular complexity index is 991. The van der Waals surface area contributed by atoms with E-state index in [1.807, 2.05) is 54.6 Å². The van der Waals surface area contributed by atoms with Crippen molar-refractivity contribution in [3.05, 3.63) is 70.7 Å². The van der Waals surface area contributed by atoms with Crippen LogP contribution in [-0.4, -0.2) is 48.2 Å². The van der Waals surface area contributed by atoms with Crippen LogP contribution in [0.2, 0.25) is 5.02 Å². The standard InChI is InChI=1S/C20H23ClN4O2S2/c1-3-24(4-2)29(26,27)23-20(28)25-14-18(15-8-6-5-7-9-15)19(22-25)16-10-12-17(21)13-11-16/h5-13,18H,3-4,14H2,1-2H3,(H,23,28). The molecular weight excluding hydrogens is 428 g/mol. The van der Waals surface area contributed by atoms with Gasteiger partial charge in [0.1, 0.15) is 0 Å². The van der Waals surface area contributed by atoms with E-state index in [1.165, 1.54) is 9.31 Å². The molecule has 0 radical (unpaired) electrons. The quantitative estimate of drug-likeness (QED) is 0.683. The second-order valence-electron chi connectivity index (χ2n) is 6.53. The van der Waals surface area contributed by atoms with Crippen molar-refractivity contribution in [1.29, 1.82) is 0 Å². The molecule has 2 aromatic rings. The molecule has 29 heavy (non-hydrogen) atoms. The van der Waals surface area contributed by atoms with Crippen molar-refractivity contribution in [2.75, 3.05) is 19.6 Å². The largest absolute Gasteiger partial charge is 0.303 e. The zero-order valence-electron chi connectivity index (χ0n) is 16.2. The Labute approximate surface area is 182 Å². The Morgan fingerprint density at radius 2 is 1.79 bits per heavy atom. The zero-order valence-corrected chi connectivity index (χ0v) is 18.6. The molecular formula is C20H23ClN4O2S2. The highest BCUT2D eigenvalue weighted by Gasteiger charge is 2.32. The highest BCUT2D eigenvalue weighted by Crippen LogP contribution is 2.29. The summed E-state index contributed by atoms with van der Waals surface area (Å²) in [7, 11) is -3.72. The summed E-state index contributed by atoms with van der Waals surface area (Å²) in [6, 6.07) is 17.4. The van der Waals surface area contributed by atoms with Crippen LogP contribution in [0.15, 0.2) is 59.7 Å². The van der Waals surface area contributed by atoms with Gasteiger partial charge in [-0.15, -0.1) is 0 Å². The number of rotatable bonds is 6. The maximum atomic E-state index is 12.5. The van der Waals surface area contributed by atoms with Crippen molar-refractivity contribution in [3.8, 4) is 0 Å². The highest BCUT2D eigenvalue weighted by atomic mass is 35.5. The molecule has 0 bridgehead atoms. The number of hydrazone groups is 1. The molecule has 1 heterocycles. The number of nitrogens with zero attached hydrogens (tertiary/aromatic N) is 3. The smallest absolute Gasteiger partial charge is 0.245 e. The predicted octanol–water partition coefficient (Wildman–Crippen LogP) is 3.60. The average molecular weight is 451 g/mol. The Morgan fingerprint density at radius 3 is 2.38 bits per heavy atom. The van der Waals surface area contributed by atoms with E-state index in [-0.39, 0.29) is 11.0 Å². The second-order valence-corrected chi connectivity index (χ2v) is 9.03. The van der Waals surface area contributed by atoms with E-state index in [0.717, 1.165) is 16.8 Å². The SMILES string of the molecule is CCN(CC)S(=O)(=O)NC(=S)N1CC(c2ccccc2)C(c2ccc(Cl)cc2)=N1. The molecule has 1 atom stereocenters. The molecule has 0 aromatic heterocycles. The lowest BCUT2D eigenvalue weighted by Crippen LogP contribution is -2.47. The fourth-order valence-electron chi connectivity index (χ4n) is 3.25. The zero-order chi connectivity index (χ0) is 21.0. The third-order valence-corrected chi connectivity index (χ3v) is 7.09. The number of hydrogen-bond acceptors (Lipinski definition) is 4. The molecule has 0 amide bonds. The van der Waals surface area contributed by atoms with Crippen LogP contribution in [0.5, 0.6) is 0 Å². The Kier molecular flexibility index (Phi) is 6.89. The normalized spacial score (nSPS) is 16.8. The third kappa shape index (κ3) is 4.95. The van der Waals surface area contributed by atoms with E-state index in [1.54, 1.807) is 13.8 Å². The molecule has 2 aromatic carbocycles. The number of benzene rings is 2. The van der Waals surface area contributed by atoms with E-state index in [0.29, 0.717) is 24.7 Å². The van der Waals surface area contributed by atoms with Gasteiger partial charge in [0.25, 0.3) is 0 Å². The Balaban J connectivity index is 1.90. The molecule has 3 rings (SSSR count). The van der Waals surface area contributed by atoms with E-state index in [2.05, 4.69) is 9.82 Å². The first-order chi connectivity index (χ1) is 13.9. The van der Waals surface area contributed by atoms with Gasteiger partial charge in [-0.1, -0.05) is 67.9 Å². The van der Waals surface area contributed by atoms with Gasteiger partial charge in [0.15, 0.2) is 0 Å². The topological polar surface area (TPSA) is 65.0 Å². The van der Waals surface area contributed by atoms with Crippen LogP contribution in [0, 0.1) is 0 Å². The van der Waals surface area contributed by atoms with Crippen molar-refractivity contribution in [2.45, 2.75) is 19.8 Å². The number of nitrogens with one attached hydrogen (secondary N) is 1. The van der Waals surface area contributed by atoms with Crippen LogP contribution in [0.25, 0.3) is 0 Å². The van der Waals surface area contributed by atoms with Crippen molar-refractivity contribution < 1.29 is 8.42 Å². The van der Waals surface area contributed by atoms with Crippen molar-refractivity contribution in [3.63, 3.8) is 0 Å². The first-order valence-corrected chi connectivity index (χ1v) is 11.6. The Morgan fingerprint density at radius 1 is 1.17 bits per heavy atom. The molecule has 1 aliphatic heterocycles. The number of thiocarbonyl (C=S) groups is 1. The highest BCUT2D eigenvalue weighted by molar-refractivity contribution is 7.89. The minimum absolute atomic E-state index is 0.0479. The molecule has 0 aliphatic carbocycles. The van der Waals surface area contributed by atoms with Crippen molar-refractivity contribution >= 4 is 44.9 Å². The van der Waals surface area contributed by atoms with E-state index in [9.17, 15) is 8.42 Å². The molecule has 0 saturated carbocycles. The third-order valence-electron chi connectivity index (χ3n) is 4.75. The molecule has 1 unspecified atom stereocenters. The molecule has 0 fully saturated rings. The fourth-order valence-corrected chi connectivity index (χ4v) is 4.94. The minimum Gasteiger partial charge on any atom is -0.245 e. The van der Waals surface area contributed by atoms with Crippen molar-refractivity contribution in [2.24, 2.45) is 5.10 Å². The Hall–Kier alpha value is -2.00. The van der Waals surface area contributed by atoms with Gasteiger partial charge < -0.3 is 0 Å². The van der Waals surface area contributed by atoms with Crippen LogP contribution in [0.1, 0.15) is 30.9 Å². The summed E-state index contributed by atoms with van der Waals surface area (Å²) in [5, 5.41) is 6.90. The summed E-state index contributed by atoms with van der Waals surface area (Å²) in [6.45, 7) is 4.73. The molecule has 9 heteroatoms. The molecule has 0 saturated heterocycles.